The Bertz CT molecular complexity index is 597. The summed E-state index contributed by atoms with van der Waals surface area (Å²) in [5, 5.41) is -0.339. The Hall–Kier alpha value is -1.11. The lowest BCUT2D eigenvalue weighted by atomic mass is 10.0. The van der Waals surface area contributed by atoms with E-state index in [0.717, 1.165) is 24.1 Å². The van der Waals surface area contributed by atoms with Crippen LogP contribution < -0.4 is 10.0 Å². The largest absolute Gasteiger partial charge is 0.381 e. The summed E-state index contributed by atoms with van der Waals surface area (Å²) < 4.78 is 32.9. The third kappa shape index (κ3) is 2.80. The molecule has 5 nitrogen and oxygen atoms in total. The van der Waals surface area contributed by atoms with Crippen molar-refractivity contribution in [3.8, 4) is 0 Å². The van der Waals surface area contributed by atoms with Gasteiger partial charge in [0.2, 0.25) is 10.0 Å². The molecule has 1 aromatic carbocycles. The van der Waals surface area contributed by atoms with E-state index in [1.165, 1.54) is 0 Å². The van der Waals surface area contributed by atoms with Gasteiger partial charge in [-0.25, -0.2) is 8.42 Å². The van der Waals surface area contributed by atoms with E-state index in [2.05, 4.69) is 0 Å². The summed E-state index contributed by atoms with van der Waals surface area (Å²) in [7, 11) is -3.35. The summed E-state index contributed by atoms with van der Waals surface area (Å²) in [6.07, 6.45) is 2.76. The normalized spacial score (nSPS) is 24.4. The molecule has 1 atom stereocenters. The number of anilines is 1. The smallest absolute Gasteiger partial charge is 0.238 e. The van der Waals surface area contributed by atoms with Gasteiger partial charge in [0.15, 0.2) is 0 Å². The molecule has 2 N–H and O–H groups in total. The summed E-state index contributed by atoms with van der Waals surface area (Å²) in [4.78, 5) is 0. The molecule has 116 valence electrons. The maximum Gasteiger partial charge on any atom is 0.238 e. The molecule has 0 amide bonds. The van der Waals surface area contributed by atoms with Crippen molar-refractivity contribution in [3.63, 3.8) is 0 Å². The molecule has 1 saturated heterocycles. The van der Waals surface area contributed by atoms with Crippen LogP contribution in [0.3, 0.4) is 0 Å². The van der Waals surface area contributed by atoms with E-state index in [4.69, 9.17) is 10.5 Å². The Balaban J connectivity index is 1.99. The maximum absolute atomic E-state index is 13.0. The van der Waals surface area contributed by atoms with Gasteiger partial charge in [0.05, 0.1) is 10.9 Å². The van der Waals surface area contributed by atoms with Crippen LogP contribution in [-0.2, 0) is 14.8 Å². The number of fused-ring (bicyclic) bond motifs is 1. The predicted molar refractivity (Wildman–Crippen MR) is 82.7 cm³/mol. The molecule has 2 aliphatic rings. The van der Waals surface area contributed by atoms with E-state index in [1.807, 2.05) is 24.3 Å². The fraction of sp³-hybridized carbons (Fsp3) is 0.600. The fourth-order valence-corrected chi connectivity index (χ4v) is 5.15. The van der Waals surface area contributed by atoms with Gasteiger partial charge < -0.3 is 10.5 Å². The molecule has 3 rings (SSSR count). The molecule has 2 heterocycles. The highest BCUT2D eigenvalue weighted by molar-refractivity contribution is 7.93. The van der Waals surface area contributed by atoms with Crippen LogP contribution in [0.5, 0.6) is 0 Å². The maximum atomic E-state index is 13.0. The summed E-state index contributed by atoms with van der Waals surface area (Å²) >= 11 is 0. The lowest BCUT2D eigenvalue weighted by molar-refractivity contribution is 0.0983. The Morgan fingerprint density at radius 1 is 1.14 bits per heavy atom. The number of hydrogen-bond acceptors (Lipinski definition) is 4. The molecule has 6 heteroatoms. The number of nitrogens with two attached hydrogens (primary N) is 1. The molecular formula is C15H22N2O3S. The minimum atomic E-state index is -3.35. The van der Waals surface area contributed by atoms with Gasteiger partial charge in [-0.2, -0.15) is 0 Å². The second-order valence-electron chi connectivity index (χ2n) is 5.74. The van der Waals surface area contributed by atoms with Crippen LogP contribution in [0.25, 0.3) is 0 Å². The lowest BCUT2D eigenvalue weighted by Gasteiger charge is -2.31. The molecule has 0 aromatic heterocycles. The minimum Gasteiger partial charge on any atom is -0.381 e. The molecule has 0 saturated carbocycles. The summed E-state index contributed by atoms with van der Waals surface area (Å²) in [6.45, 7) is 1.57. The SMILES string of the molecule is NC1CCCN(S(=O)(=O)C2CCOCC2)c2ccccc21. The van der Waals surface area contributed by atoms with Crippen LogP contribution in [0, 0.1) is 0 Å². The molecule has 0 radical (unpaired) electrons. The number of sulfonamides is 1. The van der Waals surface area contributed by atoms with Crippen molar-refractivity contribution >= 4 is 15.7 Å². The highest BCUT2D eigenvalue weighted by Gasteiger charge is 2.35. The van der Waals surface area contributed by atoms with Crippen LogP contribution >= 0.6 is 0 Å². The molecule has 0 bridgehead atoms. The van der Waals surface area contributed by atoms with Crippen LogP contribution in [0.2, 0.25) is 0 Å². The Morgan fingerprint density at radius 3 is 2.62 bits per heavy atom. The van der Waals surface area contributed by atoms with Crippen molar-refractivity contribution in [1.82, 2.24) is 0 Å². The van der Waals surface area contributed by atoms with E-state index in [9.17, 15) is 8.42 Å². The van der Waals surface area contributed by atoms with Gasteiger partial charge in [-0.15, -0.1) is 0 Å². The standard InChI is InChI=1S/C15H22N2O3S/c16-14-5-3-9-17(15-6-2-1-4-13(14)15)21(18,19)12-7-10-20-11-8-12/h1-2,4,6,12,14H,3,5,7-11,16H2. The number of nitrogens with zero attached hydrogens (tertiary/aromatic N) is 1. The van der Waals surface area contributed by atoms with Crippen molar-refractivity contribution in [1.29, 1.82) is 0 Å². The minimum absolute atomic E-state index is 0.0870. The van der Waals surface area contributed by atoms with Gasteiger partial charge in [0.25, 0.3) is 0 Å². The molecule has 0 spiro atoms. The third-order valence-corrected chi connectivity index (χ3v) is 6.69. The number of benzene rings is 1. The van der Waals surface area contributed by atoms with Gasteiger partial charge in [0.1, 0.15) is 0 Å². The zero-order chi connectivity index (χ0) is 14.9. The molecule has 2 aliphatic heterocycles. The first-order valence-electron chi connectivity index (χ1n) is 7.54. The molecule has 21 heavy (non-hydrogen) atoms. The zero-order valence-electron chi connectivity index (χ0n) is 12.1. The van der Waals surface area contributed by atoms with Crippen molar-refractivity contribution in [2.75, 3.05) is 24.1 Å². The van der Waals surface area contributed by atoms with Crippen LogP contribution in [0.15, 0.2) is 24.3 Å². The average molecular weight is 310 g/mol. The number of rotatable bonds is 2. The first kappa shape index (κ1) is 14.8. The monoisotopic (exact) mass is 310 g/mol. The number of ether oxygens (including phenoxy) is 1. The first-order valence-corrected chi connectivity index (χ1v) is 9.05. The average Bonchev–Trinajstić information content (AvgIpc) is 2.68. The van der Waals surface area contributed by atoms with Gasteiger partial charge in [-0.05, 0) is 37.3 Å². The van der Waals surface area contributed by atoms with Crippen molar-refractivity contribution < 1.29 is 13.2 Å². The van der Waals surface area contributed by atoms with E-state index in [0.29, 0.717) is 32.6 Å². The van der Waals surface area contributed by atoms with Crippen LogP contribution in [-0.4, -0.2) is 33.4 Å². The van der Waals surface area contributed by atoms with Crippen LogP contribution in [0.1, 0.15) is 37.3 Å². The second kappa shape index (κ2) is 5.94. The van der Waals surface area contributed by atoms with E-state index in [1.54, 1.807) is 4.31 Å². The molecule has 1 unspecified atom stereocenters. The van der Waals surface area contributed by atoms with Gasteiger partial charge in [-0.3, -0.25) is 4.31 Å². The summed E-state index contributed by atoms with van der Waals surface area (Å²) in [6, 6.07) is 7.53. The fourth-order valence-electron chi connectivity index (χ4n) is 3.18. The first-order chi connectivity index (χ1) is 10.1. The molecular weight excluding hydrogens is 288 g/mol. The summed E-state index contributed by atoms with van der Waals surface area (Å²) in [5.41, 5.74) is 7.88. The van der Waals surface area contributed by atoms with Crippen molar-refractivity contribution in [2.24, 2.45) is 5.73 Å². The second-order valence-corrected chi connectivity index (χ2v) is 7.87. The number of para-hydroxylation sites is 1. The Labute approximate surface area is 126 Å². The van der Waals surface area contributed by atoms with Crippen molar-refractivity contribution in [2.45, 2.75) is 37.0 Å². The van der Waals surface area contributed by atoms with E-state index in [-0.39, 0.29) is 11.3 Å². The zero-order valence-corrected chi connectivity index (χ0v) is 12.9. The van der Waals surface area contributed by atoms with E-state index >= 15 is 0 Å². The highest BCUT2D eigenvalue weighted by atomic mass is 32.2. The predicted octanol–water partition coefficient (Wildman–Crippen LogP) is 1.80. The van der Waals surface area contributed by atoms with Crippen molar-refractivity contribution in [3.05, 3.63) is 29.8 Å². The van der Waals surface area contributed by atoms with Crippen LogP contribution in [0.4, 0.5) is 5.69 Å². The van der Waals surface area contributed by atoms with Gasteiger partial charge >= 0.3 is 0 Å². The molecule has 1 aromatic rings. The quantitative estimate of drug-likeness (QED) is 0.904. The Kier molecular flexibility index (Phi) is 4.19. The molecule has 1 fully saturated rings. The van der Waals surface area contributed by atoms with Gasteiger partial charge in [0, 0.05) is 25.8 Å². The highest BCUT2D eigenvalue weighted by Crippen LogP contribution is 2.35. The van der Waals surface area contributed by atoms with E-state index < -0.39 is 10.0 Å². The number of hydrogen-bond donors (Lipinski definition) is 1. The third-order valence-electron chi connectivity index (χ3n) is 4.38. The molecule has 0 aliphatic carbocycles. The van der Waals surface area contributed by atoms with Gasteiger partial charge in [-0.1, -0.05) is 18.2 Å². The Morgan fingerprint density at radius 2 is 1.86 bits per heavy atom. The lowest BCUT2D eigenvalue weighted by Crippen LogP contribution is -2.42. The topological polar surface area (TPSA) is 72.6 Å². The summed E-state index contributed by atoms with van der Waals surface area (Å²) in [5.74, 6) is 0.